The topological polar surface area (TPSA) is 18.5 Å². The Bertz CT molecular complexity index is 913. The number of unbranched alkanes of at least 4 members (excludes halogenated alkanes) is 1. The van der Waals surface area contributed by atoms with E-state index >= 15 is 0 Å². The molecule has 198 valence electrons. The normalized spacial score (nSPS) is 25.1. The van der Waals surface area contributed by atoms with E-state index in [1.54, 1.807) is 12.1 Å². The first kappa shape index (κ1) is 26.8. The van der Waals surface area contributed by atoms with E-state index in [4.69, 9.17) is 4.74 Å². The average Bonchev–Trinajstić information content (AvgIpc) is 2.89. The summed E-state index contributed by atoms with van der Waals surface area (Å²) in [5.41, 5.74) is 0.887. The van der Waals surface area contributed by atoms with Gasteiger partial charge in [-0.05, 0) is 104 Å². The van der Waals surface area contributed by atoms with Crippen LogP contribution in [0.2, 0.25) is 0 Å². The summed E-state index contributed by atoms with van der Waals surface area (Å²) in [5.74, 6) is 2.83. The molecule has 36 heavy (non-hydrogen) atoms. The highest BCUT2D eigenvalue weighted by atomic mass is 19.3. The van der Waals surface area contributed by atoms with Crippen LogP contribution in [0.1, 0.15) is 94.6 Å². The first-order valence-corrected chi connectivity index (χ1v) is 13.6. The summed E-state index contributed by atoms with van der Waals surface area (Å²) in [6.07, 6.45) is 10.8. The summed E-state index contributed by atoms with van der Waals surface area (Å²) in [6.45, 7) is -0.697. The minimum atomic E-state index is -3.53. The van der Waals surface area contributed by atoms with Crippen molar-refractivity contribution in [2.45, 2.75) is 96.2 Å². The van der Waals surface area contributed by atoms with Gasteiger partial charge in [0, 0.05) is 0 Å². The molecule has 2 fully saturated rings. The maximum absolute atomic E-state index is 14.7. The summed E-state index contributed by atoms with van der Waals surface area (Å²) in [7, 11) is 0. The van der Waals surface area contributed by atoms with E-state index in [9.17, 15) is 17.6 Å². The molecule has 0 N–H and O–H groups in total. The van der Waals surface area contributed by atoms with E-state index in [2.05, 4.69) is 11.7 Å². The third-order valence-corrected chi connectivity index (χ3v) is 8.31. The van der Waals surface area contributed by atoms with Crippen molar-refractivity contribution in [1.82, 2.24) is 0 Å². The molecule has 0 aromatic heterocycles. The predicted molar refractivity (Wildman–Crippen MR) is 134 cm³/mol. The first-order valence-electron chi connectivity index (χ1n) is 13.6. The van der Waals surface area contributed by atoms with Crippen LogP contribution >= 0.6 is 0 Å². The Morgan fingerprint density at radius 2 is 1.33 bits per heavy atom. The molecular formula is C30H38F4O2. The fourth-order valence-corrected chi connectivity index (χ4v) is 6.21. The first-order chi connectivity index (χ1) is 17.3. The maximum atomic E-state index is 14.7. The van der Waals surface area contributed by atoms with Crippen LogP contribution in [0.3, 0.4) is 0 Å². The molecule has 2 nitrogen and oxygen atoms in total. The van der Waals surface area contributed by atoms with Crippen molar-refractivity contribution >= 4 is 0 Å². The highest BCUT2D eigenvalue weighted by Gasteiger charge is 2.35. The number of hydrogen-bond acceptors (Lipinski definition) is 2. The maximum Gasteiger partial charge on any atom is 0.426 e. The molecule has 0 heterocycles. The second-order valence-corrected chi connectivity index (χ2v) is 10.6. The van der Waals surface area contributed by atoms with Gasteiger partial charge in [-0.1, -0.05) is 51.2 Å². The molecule has 0 spiro atoms. The molecule has 0 amide bonds. The van der Waals surface area contributed by atoms with Gasteiger partial charge in [-0.25, -0.2) is 0 Å². The van der Waals surface area contributed by atoms with Gasteiger partial charge in [0.05, 0.1) is 5.56 Å². The van der Waals surface area contributed by atoms with Crippen LogP contribution in [0, 0.1) is 17.8 Å². The van der Waals surface area contributed by atoms with Crippen LogP contribution in [0.4, 0.5) is 17.6 Å². The van der Waals surface area contributed by atoms with Gasteiger partial charge in [0.25, 0.3) is 0 Å². The summed E-state index contributed by atoms with van der Waals surface area (Å²) in [6, 6.07) is 11.2. The lowest BCUT2D eigenvalue weighted by atomic mass is 9.68. The second-order valence-electron chi connectivity index (χ2n) is 10.6. The van der Waals surface area contributed by atoms with Crippen LogP contribution < -0.4 is 9.47 Å². The van der Waals surface area contributed by atoms with E-state index in [1.807, 2.05) is 0 Å². The molecule has 2 aromatic rings. The lowest BCUT2D eigenvalue weighted by molar-refractivity contribution is -0.185. The van der Waals surface area contributed by atoms with Gasteiger partial charge in [-0.3, -0.25) is 0 Å². The Morgan fingerprint density at radius 3 is 1.89 bits per heavy atom. The molecule has 0 aliphatic heterocycles. The van der Waals surface area contributed by atoms with Crippen molar-refractivity contribution in [2.24, 2.45) is 17.8 Å². The molecule has 0 atom stereocenters. The molecule has 2 saturated carbocycles. The van der Waals surface area contributed by atoms with Crippen LogP contribution in [0.25, 0.3) is 0 Å². The monoisotopic (exact) mass is 506 g/mol. The van der Waals surface area contributed by atoms with Crippen LogP contribution in [0.15, 0.2) is 48.5 Å². The second kappa shape index (κ2) is 12.3. The molecule has 2 aliphatic carbocycles. The van der Waals surface area contributed by atoms with Crippen molar-refractivity contribution in [3.63, 3.8) is 0 Å². The molecule has 0 bridgehead atoms. The zero-order chi connectivity index (χ0) is 25.5. The summed E-state index contributed by atoms with van der Waals surface area (Å²) >= 11 is 0. The summed E-state index contributed by atoms with van der Waals surface area (Å²) in [4.78, 5) is 0. The minimum Gasteiger partial charge on any atom is -0.435 e. The fourth-order valence-electron chi connectivity index (χ4n) is 6.21. The standard InChI is InChI=1S/C30H38F4O2/c1-2-3-4-21-5-7-22(8-6-21)23-9-11-24(12-10-23)25-13-15-26(16-14-25)30(33,34)36-28-19-17-27(18-20-28)35-29(31)32/h13-24,29H,2-12H2,1H3/t21-,22-,23-,24-. The molecule has 4 rings (SSSR count). The largest absolute Gasteiger partial charge is 0.435 e. The highest BCUT2D eigenvalue weighted by molar-refractivity contribution is 5.33. The van der Waals surface area contributed by atoms with E-state index in [0.29, 0.717) is 5.92 Å². The lowest BCUT2D eigenvalue weighted by Crippen LogP contribution is -2.25. The predicted octanol–water partition coefficient (Wildman–Crippen LogP) is 9.69. The molecule has 6 heteroatoms. The molecular weight excluding hydrogens is 468 g/mol. The van der Waals surface area contributed by atoms with Gasteiger partial charge in [-0.15, -0.1) is 0 Å². The van der Waals surface area contributed by atoms with Crippen molar-refractivity contribution in [2.75, 3.05) is 0 Å². The number of rotatable bonds is 10. The SMILES string of the molecule is CCCC[C@H]1CC[C@H]([C@H]2CC[C@H](c3ccc(C(F)(F)Oc4ccc(OC(F)F)cc4)cc3)CC2)CC1. The average molecular weight is 507 g/mol. The quantitative estimate of drug-likeness (QED) is 0.299. The van der Waals surface area contributed by atoms with E-state index in [-0.39, 0.29) is 17.1 Å². The van der Waals surface area contributed by atoms with Gasteiger partial charge in [0.15, 0.2) is 0 Å². The Morgan fingerprint density at radius 1 is 0.778 bits per heavy atom. The number of ether oxygens (including phenoxy) is 2. The van der Waals surface area contributed by atoms with Crippen LogP contribution in [-0.2, 0) is 6.11 Å². The molecule has 0 unspecified atom stereocenters. The Hall–Kier alpha value is -2.24. The zero-order valence-electron chi connectivity index (χ0n) is 21.1. The Labute approximate surface area is 212 Å². The smallest absolute Gasteiger partial charge is 0.426 e. The van der Waals surface area contributed by atoms with E-state index in [1.165, 1.54) is 94.2 Å². The Balaban J connectivity index is 1.26. The number of benzene rings is 2. The summed E-state index contributed by atoms with van der Waals surface area (Å²) < 4.78 is 63.0. The molecule has 2 aromatic carbocycles. The van der Waals surface area contributed by atoms with E-state index in [0.717, 1.165) is 36.2 Å². The van der Waals surface area contributed by atoms with Crippen molar-refractivity contribution < 1.29 is 27.0 Å². The van der Waals surface area contributed by atoms with Crippen LogP contribution in [0.5, 0.6) is 11.5 Å². The van der Waals surface area contributed by atoms with Gasteiger partial charge in [0.2, 0.25) is 0 Å². The van der Waals surface area contributed by atoms with E-state index < -0.39 is 12.7 Å². The zero-order valence-corrected chi connectivity index (χ0v) is 21.1. The third kappa shape index (κ3) is 7.17. The molecule has 0 saturated heterocycles. The van der Waals surface area contributed by atoms with Crippen molar-refractivity contribution in [1.29, 1.82) is 0 Å². The highest BCUT2D eigenvalue weighted by Crippen LogP contribution is 2.45. The molecule has 2 aliphatic rings. The van der Waals surface area contributed by atoms with Crippen molar-refractivity contribution in [3.05, 3.63) is 59.7 Å². The van der Waals surface area contributed by atoms with Gasteiger partial charge >= 0.3 is 12.7 Å². The Kier molecular flexibility index (Phi) is 9.19. The minimum absolute atomic E-state index is 0.112. The third-order valence-electron chi connectivity index (χ3n) is 8.31. The van der Waals surface area contributed by atoms with Gasteiger partial charge in [-0.2, -0.15) is 17.6 Å². The van der Waals surface area contributed by atoms with Gasteiger partial charge in [0.1, 0.15) is 11.5 Å². The fraction of sp³-hybridized carbons (Fsp3) is 0.600. The number of halogens is 4. The molecule has 0 radical (unpaired) electrons. The summed E-state index contributed by atoms with van der Waals surface area (Å²) in [5, 5.41) is 0. The number of hydrogen-bond donors (Lipinski definition) is 0. The lowest BCUT2D eigenvalue weighted by Gasteiger charge is -2.38. The van der Waals surface area contributed by atoms with Crippen molar-refractivity contribution in [3.8, 4) is 11.5 Å². The van der Waals surface area contributed by atoms with Gasteiger partial charge < -0.3 is 9.47 Å². The number of alkyl halides is 4. The van der Waals surface area contributed by atoms with Crippen LogP contribution in [-0.4, -0.2) is 6.61 Å².